The second kappa shape index (κ2) is 9.75. The van der Waals surface area contributed by atoms with Crippen LogP contribution >= 0.6 is 11.6 Å². The first-order valence-corrected chi connectivity index (χ1v) is 14.3. The first kappa shape index (κ1) is 24.6. The number of hydrogen-bond donors (Lipinski definition) is 0. The van der Waals surface area contributed by atoms with Crippen LogP contribution in [0.4, 0.5) is 11.4 Å². The van der Waals surface area contributed by atoms with Crippen LogP contribution < -0.4 is 4.90 Å². The Kier molecular flexibility index (Phi) is 6.85. The molecule has 2 aromatic rings. The molecule has 0 saturated heterocycles. The maximum atomic E-state index is 14.0. The standard InChI is InChI=1S/C27H33ClN2O4S/c1-29-25(18-9-5-3-6-10-18)17-30(21-11-7-4-8-12-21)24-16-23(28)22(15-26(24)35(29,32)33)19-13-20(14-19)27(31)34-2/h4,7-8,11-12,15-16,18-20,25H,3,5-6,9-10,13-14,17H2,1-2H3/t19?,20?,25-/m0/s1. The number of likely N-dealkylation sites (N-methyl/N-ethyl adjacent to an activating group) is 1. The van der Waals surface area contributed by atoms with E-state index in [0.29, 0.717) is 40.9 Å². The topological polar surface area (TPSA) is 66.9 Å². The summed E-state index contributed by atoms with van der Waals surface area (Å²) >= 11 is 6.80. The first-order chi connectivity index (χ1) is 16.8. The van der Waals surface area contributed by atoms with Crippen LogP contribution in [0.2, 0.25) is 5.02 Å². The highest BCUT2D eigenvalue weighted by atomic mass is 35.5. The fraction of sp³-hybridized carbons (Fsp3) is 0.519. The Labute approximate surface area is 213 Å². The number of benzene rings is 2. The summed E-state index contributed by atoms with van der Waals surface area (Å²) in [5, 5.41) is 0.548. The number of carbonyl (C=O) groups excluding carboxylic acids is 1. The number of sulfonamides is 1. The molecule has 2 fully saturated rings. The summed E-state index contributed by atoms with van der Waals surface area (Å²) in [4.78, 5) is 14.3. The van der Waals surface area contributed by atoms with E-state index in [2.05, 4.69) is 4.90 Å². The van der Waals surface area contributed by atoms with Gasteiger partial charge in [-0.05, 0) is 67.3 Å². The lowest BCUT2D eigenvalue weighted by Crippen LogP contribution is -2.46. The molecule has 2 saturated carbocycles. The van der Waals surface area contributed by atoms with Crippen LogP contribution in [0.15, 0.2) is 47.4 Å². The summed E-state index contributed by atoms with van der Waals surface area (Å²) in [6.45, 7) is 0.584. The highest BCUT2D eigenvalue weighted by Crippen LogP contribution is 2.49. The second-order valence-electron chi connectivity index (χ2n) is 10.2. The van der Waals surface area contributed by atoms with Crippen LogP contribution in [0, 0.1) is 11.8 Å². The van der Waals surface area contributed by atoms with Crippen molar-refractivity contribution in [3.63, 3.8) is 0 Å². The van der Waals surface area contributed by atoms with Crippen molar-refractivity contribution in [1.82, 2.24) is 4.31 Å². The monoisotopic (exact) mass is 516 g/mol. The zero-order valence-corrected chi connectivity index (χ0v) is 21.9. The van der Waals surface area contributed by atoms with E-state index >= 15 is 0 Å². The van der Waals surface area contributed by atoms with Gasteiger partial charge in [0.15, 0.2) is 0 Å². The van der Waals surface area contributed by atoms with Crippen LogP contribution in [0.1, 0.15) is 56.4 Å². The van der Waals surface area contributed by atoms with Crippen LogP contribution in [-0.4, -0.2) is 45.4 Å². The molecule has 1 heterocycles. The number of ether oxygens (including phenoxy) is 1. The van der Waals surface area contributed by atoms with Crippen molar-refractivity contribution in [2.75, 3.05) is 25.6 Å². The number of anilines is 2. The molecule has 8 heteroatoms. The lowest BCUT2D eigenvalue weighted by molar-refractivity contribution is -0.148. The first-order valence-electron chi connectivity index (χ1n) is 12.5. The van der Waals surface area contributed by atoms with E-state index in [1.165, 1.54) is 13.5 Å². The smallest absolute Gasteiger partial charge is 0.308 e. The highest BCUT2D eigenvalue weighted by molar-refractivity contribution is 7.89. The predicted molar refractivity (Wildman–Crippen MR) is 138 cm³/mol. The summed E-state index contributed by atoms with van der Waals surface area (Å²) in [5.74, 6) is -0.00728. The number of fused-ring (bicyclic) bond motifs is 1. The molecule has 35 heavy (non-hydrogen) atoms. The number of carbonyl (C=O) groups is 1. The Morgan fingerprint density at radius 1 is 1.06 bits per heavy atom. The van der Waals surface area contributed by atoms with Gasteiger partial charge in [-0.15, -0.1) is 0 Å². The zero-order valence-electron chi connectivity index (χ0n) is 20.3. The summed E-state index contributed by atoms with van der Waals surface area (Å²) in [6.07, 6.45) is 6.84. The normalized spacial score (nSPS) is 26.9. The highest BCUT2D eigenvalue weighted by Gasteiger charge is 2.43. The van der Waals surface area contributed by atoms with E-state index < -0.39 is 10.0 Å². The van der Waals surface area contributed by atoms with Gasteiger partial charge in [0.1, 0.15) is 4.90 Å². The number of para-hydroxylation sites is 1. The fourth-order valence-corrected chi connectivity index (χ4v) is 8.00. The lowest BCUT2D eigenvalue weighted by atomic mass is 9.71. The number of rotatable bonds is 4. The van der Waals surface area contributed by atoms with Crippen molar-refractivity contribution in [3.05, 3.63) is 53.1 Å². The molecule has 1 atom stereocenters. The summed E-state index contributed by atoms with van der Waals surface area (Å²) in [6, 6.07) is 13.4. The maximum Gasteiger partial charge on any atom is 0.308 e. The van der Waals surface area contributed by atoms with Crippen molar-refractivity contribution < 1.29 is 17.9 Å². The average Bonchev–Trinajstić information content (AvgIpc) is 2.92. The number of esters is 1. The SMILES string of the molecule is COC(=O)C1CC(c2cc3c(cc2Cl)N(c2ccccc2)C[C@@H](C2CCCCC2)N(C)S3(=O)=O)C1. The molecule has 0 aromatic heterocycles. The third-order valence-electron chi connectivity index (χ3n) is 8.24. The Morgan fingerprint density at radius 2 is 1.74 bits per heavy atom. The van der Waals surface area contributed by atoms with Gasteiger partial charge >= 0.3 is 5.97 Å². The number of hydrogen-bond acceptors (Lipinski definition) is 5. The maximum absolute atomic E-state index is 14.0. The van der Waals surface area contributed by atoms with E-state index in [9.17, 15) is 13.2 Å². The minimum absolute atomic E-state index is 0.0416. The second-order valence-corrected chi connectivity index (χ2v) is 12.5. The van der Waals surface area contributed by atoms with E-state index in [4.69, 9.17) is 16.3 Å². The van der Waals surface area contributed by atoms with Gasteiger partial charge in [0.2, 0.25) is 10.0 Å². The van der Waals surface area contributed by atoms with E-state index in [0.717, 1.165) is 36.9 Å². The molecule has 0 N–H and O–H groups in total. The van der Waals surface area contributed by atoms with Gasteiger partial charge < -0.3 is 9.64 Å². The zero-order chi connectivity index (χ0) is 24.7. The largest absolute Gasteiger partial charge is 0.469 e. The van der Waals surface area contributed by atoms with Gasteiger partial charge in [-0.1, -0.05) is 49.1 Å². The Morgan fingerprint density at radius 3 is 2.40 bits per heavy atom. The van der Waals surface area contributed by atoms with E-state index in [-0.39, 0.29) is 23.8 Å². The molecular formula is C27H33ClN2O4S. The molecule has 2 aromatic carbocycles. The van der Waals surface area contributed by atoms with Gasteiger partial charge in [0.25, 0.3) is 0 Å². The van der Waals surface area contributed by atoms with E-state index in [1.807, 2.05) is 36.4 Å². The van der Waals surface area contributed by atoms with Gasteiger partial charge in [-0.3, -0.25) is 4.79 Å². The molecular weight excluding hydrogens is 484 g/mol. The molecule has 2 aliphatic carbocycles. The van der Waals surface area contributed by atoms with Crippen molar-refractivity contribution in [1.29, 1.82) is 0 Å². The van der Waals surface area contributed by atoms with Crippen molar-refractivity contribution in [2.24, 2.45) is 11.8 Å². The molecule has 6 nitrogen and oxygen atoms in total. The average molecular weight is 517 g/mol. The molecule has 0 amide bonds. The van der Waals surface area contributed by atoms with Gasteiger partial charge in [0.05, 0.1) is 18.7 Å². The molecule has 5 rings (SSSR count). The number of methoxy groups -OCH3 is 1. The fourth-order valence-electron chi connectivity index (χ4n) is 6.07. The molecule has 1 aliphatic heterocycles. The van der Waals surface area contributed by atoms with Crippen molar-refractivity contribution >= 4 is 39.0 Å². The lowest BCUT2D eigenvalue weighted by Gasteiger charge is -2.36. The van der Waals surface area contributed by atoms with Crippen molar-refractivity contribution in [3.8, 4) is 0 Å². The number of nitrogens with zero attached hydrogens (tertiary/aromatic N) is 2. The van der Waals surface area contributed by atoms with Crippen LogP contribution in [0.3, 0.4) is 0 Å². The van der Waals surface area contributed by atoms with Gasteiger partial charge in [-0.25, -0.2) is 8.42 Å². The Bertz CT molecular complexity index is 1190. The summed E-state index contributed by atoms with van der Waals surface area (Å²) in [5.41, 5.74) is 2.38. The molecule has 0 bridgehead atoms. The minimum Gasteiger partial charge on any atom is -0.469 e. The summed E-state index contributed by atoms with van der Waals surface area (Å²) in [7, 11) is -0.616. The Balaban J connectivity index is 1.59. The number of halogens is 1. The molecule has 0 radical (unpaired) electrons. The quantitative estimate of drug-likeness (QED) is 0.486. The van der Waals surface area contributed by atoms with Crippen LogP contribution in [0.5, 0.6) is 0 Å². The molecule has 3 aliphatic rings. The van der Waals surface area contributed by atoms with E-state index in [1.54, 1.807) is 17.4 Å². The third-order valence-corrected chi connectivity index (χ3v) is 10.5. The minimum atomic E-state index is -3.75. The predicted octanol–water partition coefficient (Wildman–Crippen LogP) is 5.73. The Hall–Kier alpha value is -2.09. The van der Waals surface area contributed by atoms with Crippen LogP contribution in [-0.2, 0) is 19.6 Å². The van der Waals surface area contributed by atoms with Gasteiger partial charge in [-0.2, -0.15) is 4.31 Å². The summed E-state index contributed by atoms with van der Waals surface area (Å²) < 4.78 is 34.6. The molecule has 0 unspecified atom stereocenters. The van der Waals surface area contributed by atoms with Crippen molar-refractivity contribution in [2.45, 2.75) is 61.8 Å². The van der Waals surface area contributed by atoms with Gasteiger partial charge in [0, 0.05) is 30.3 Å². The molecule has 188 valence electrons. The van der Waals surface area contributed by atoms with Crippen LogP contribution in [0.25, 0.3) is 0 Å². The molecule has 0 spiro atoms. The third kappa shape index (κ3) is 4.47.